The second-order valence-corrected chi connectivity index (χ2v) is 5.26. The van der Waals surface area contributed by atoms with Crippen molar-refractivity contribution in [3.8, 4) is 12.1 Å². The first-order valence-electron chi connectivity index (χ1n) is 6.62. The SMILES string of the molecule is C/C=C(\C[C@H](C)C(C)C)c1cc(C#N)cc(C#N)c1. The molecule has 1 aromatic rings. The predicted molar refractivity (Wildman–Crippen MR) is 78.1 cm³/mol. The molecule has 0 heterocycles. The summed E-state index contributed by atoms with van der Waals surface area (Å²) < 4.78 is 0. The minimum atomic E-state index is 0.547. The Kier molecular flexibility index (Phi) is 5.34. The molecule has 0 spiro atoms. The van der Waals surface area contributed by atoms with Crippen molar-refractivity contribution in [3.05, 3.63) is 41.0 Å². The van der Waals surface area contributed by atoms with Gasteiger partial charge < -0.3 is 0 Å². The Hall–Kier alpha value is -2.06. The normalized spacial score (nSPS) is 12.9. The lowest BCUT2D eigenvalue weighted by atomic mass is 9.87. The molecule has 0 N–H and O–H groups in total. The van der Waals surface area contributed by atoms with Crippen LogP contribution in [0.1, 0.15) is 50.8 Å². The molecule has 0 bridgehead atoms. The molecule has 0 aromatic heterocycles. The van der Waals surface area contributed by atoms with Crippen molar-refractivity contribution in [1.82, 2.24) is 0 Å². The highest BCUT2D eigenvalue weighted by Crippen LogP contribution is 2.27. The van der Waals surface area contributed by atoms with Gasteiger partial charge in [0.05, 0.1) is 23.3 Å². The van der Waals surface area contributed by atoms with Crippen LogP contribution in [0.3, 0.4) is 0 Å². The first kappa shape index (κ1) is 15.0. The maximum Gasteiger partial charge on any atom is 0.0992 e. The van der Waals surface area contributed by atoms with Gasteiger partial charge in [-0.15, -0.1) is 0 Å². The van der Waals surface area contributed by atoms with Crippen LogP contribution in [0.4, 0.5) is 0 Å². The molecule has 0 saturated heterocycles. The quantitative estimate of drug-likeness (QED) is 0.791. The van der Waals surface area contributed by atoms with Crippen molar-refractivity contribution in [1.29, 1.82) is 10.5 Å². The largest absolute Gasteiger partial charge is 0.192 e. The summed E-state index contributed by atoms with van der Waals surface area (Å²) in [5.74, 6) is 1.19. The molecule has 0 fully saturated rings. The molecule has 2 heteroatoms. The second kappa shape index (κ2) is 6.76. The highest BCUT2D eigenvalue weighted by Gasteiger charge is 2.12. The Bertz CT molecular complexity index is 521. The molecule has 0 amide bonds. The maximum absolute atomic E-state index is 9.03. The summed E-state index contributed by atoms with van der Waals surface area (Å²) in [6, 6.07) is 9.59. The van der Waals surface area contributed by atoms with Crippen LogP contribution >= 0.6 is 0 Å². The van der Waals surface area contributed by atoms with Gasteiger partial charge in [-0.25, -0.2) is 0 Å². The summed E-state index contributed by atoms with van der Waals surface area (Å²) in [5, 5.41) is 18.1. The van der Waals surface area contributed by atoms with Gasteiger partial charge in [0, 0.05) is 0 Å². The molecule has 0 unspecified atom stereocenters. The van der Waals surface area contributed by atoms with Gasteiger partial charge >= 0.3 is 0 Å². The zero-order chi connectivity index (χ0) is 14.4. The van der Waals surface area contributed by atoms with Gasteiger partial charge in [-0.3, -0.25) is 0 Å². The van der Waals surface area contributed by atoms with E-state index in [0.717, 1.165) is 12.0 Å². The first-order valence-corrected chi connectivity index (χ1v) is 6.62. The smallest absolute Gasteiger partial charge is 0.0992 e. The van der Waals surface area contributed by atoms with Crippen molar-refractivity contribution in [3.63, 3.8) is 0 Å². The van der Waals surface area contributed by atoms with Crippen LogP contribution in [-0.4, -0.2) is 0 Å². The van der Waals surface area contributed by atoms with E-state index < -0.39 is 0 Å². The number of hydrogen-bond acceptors (Lipinski definition) is 2. The van der Waals surface area contributed by atoms with Gasteiger partial charge in [0.25, 0.3) is 0 Å². The van der Waals surface area contributed by atoms with Crippen LogP contribution in [0.5, 0.6) is 0 Å². The van der Waals surface area contributed by atoms with Crippen molar-refractivity contribution < 1.29 is 0 Å². The lowest BCUT2D eigenvalue weighted by Crippen LogP contribution is -2.05. The summed E-state index contributed by atoms with van der Waals surface area (Å²) in [4.78, 5) is 0. The van der Waals surface area contributed by atoms with Crippen molar-refractivity contribution in [2.75, 3.05) is 0 Å². The van der Waals surface area contributed by atoms with Crippen LogP contribution in [-0.2, 0) is 0 Å². The highest BCUT2D eigenvalue weighted by atomic mass is 14.3. The topological polar surface area (TPSA) is 47.6 Å². The monoisotopic (exact) mass is 252 g/mol. The molecule has 0 aliphatic carbocycles. The molecule has 0 saturated carbocycles. The molecule has 1 atom stereocenters. The van der Waals surface area contributed by atoms with Gasteiger partial charge in [0.2, 0.25) is 0 Å². The van der Waals surface area contributed by atoms with Crippen LogP contribution in [0.15, 0.2) is 24.3 Å². The van der Waals surface area contributed by atoms with Crippen LogP contribution < -0.4 is 0 Å². The fourth-order valence-corrected chi connectivity index (χ4v) is 1.93. The Morgan fingerprint density at radius 1 is 1.11 bits per heavy atom. The zero-order valence-electron chi connectivity index (χ0n) is 12.1. The molecule has 98 valence electrons. The summed E-state index contributed by atoms with van der Waals surface area (Å²) in [6.45, 7) is 8.66. The fourth-order valence-electron chi connectivity index (χ4n) is 1.93. The third kappa shape index (κ3) is 3.97. The van der Waals surface area contributed by atoms with E-state index in [1.165, 1.54) is 5.57 Å². The average molecular weight is 252 g/mol. The van der Waals surface area contributed by atoms with Crippen LogP contribution in [0.25, 0.3) is 5.57 Å². The number of benzene rings is 1. The number of nitriles is 2. The molecule has 1 aromatic carbocycles. The van der Waals surface area contributed by atoms with E-state index in [1.54, 1.807) is 6.07 Å². The molecule has 0 aliphatic heterocycles. The minimum Gasteiger partial charge on any atom is -0.192 e. The Morgan fingerprint density at radius 2 is 1.63 bits per heavy atom. The Labute approximate surface area is 116 Å². The number of hydrogen-bond donors (Lipinski definition) is 0. The van der Waals surface area contributed by atoms with Gasteiger partial charge in [-0.05, 0) is 54.5 Å². The average Bonchev–Trinajstić information content (AvgIpc) is 2.43. The zero-order valence-corrected chi connectivity index (χ0v) is 12.1. The molecular formula is C17H20N2. The third-order valence-electron chi connectivity index (χ3n) is 3.59. The molecule has 0 radical (unpaired) electrons. The summed E-state index contributed by atoms with van der Waals surface area (Å²) in [5.41, 5.74) is 3.29. The molecular weight excluding hydrogens is 232 g/mol. The standard InChI is InChI=1S/C17H20N2/c1-5-16(6-13(4)12(2)3)17-8-14(10-18)7-15(9-17)11-19/h5,7-9,12-13H,6H2,1-4H3/b16-5+/t13-/m0/s1. The van der Waals surface area contributed by atoms with E-state index >= 15 is 0 Å². The maximum atomic E-state index is 9.03. The van der Waals surface area contributed by atoms with Gasteiger partial charge in [-0.1, -0.05) is 26.8 Å². The lowest BCUT2D eigenvalue weighted by molar-refractivity contribution is 0.428. The highest BCUT2D eigenvalue weighted by molar-refractivity contribution is 5.68. The van der Waals surface area contributed by atoms with Crippen molar-refractivity contribution in [2.24, 2.45) is 11.8 Å². The van der Waals surface area contributed by atoms with E-state index in [4.69, 9.17) is 10.5 Å². The van der Waals surface area contributed by atoms with Crippen molar-refractivity contribution >= 4 is 5.57 Å². The van der Waals surface area contributed by atoms with Crippen molar-refractivity contribution in [2.45, 2.75) is 34.1 Å². The lowest BCUT2D eigenvalue weighted by Gasteiger charge is -2.18. The Balaban J connectivity index is 3.13. The summed E-state index contributed by atoms with van der Waals surface area (Å²) in [7, 11) is 0. The number of rotatable bonds is 4. The summed E-state index contributed by atoms with van der Waals surface area (Å²) >= 11 is 0. The van der Waals surface area contributed by atoms with Crippen LogP contribution in [0, 0.1) is 34.5 Å². The molecule has 1 rings (SSSR count). The van der Waals surface area contributed by atoms with Gasteiger partial charge in [0.1, 0.15) is 0 Å². The van der Waals surface area contributed by atoms with E-state index in [0.29, 0.717) is 23.0 Å². The Morgan fingerprint density at radius 3 is 2.00 bits per heavy atom. The second-order valence-electron chi connectivity index (χ2n) is 5.26. The fraction of sp³-hybridized carbons (Fsp3) is 0.412. The molecule has 2 nitrogen and oxygen atoms in total. The first-order chi connectivity index (χ1) is 9.01. The van der Waals surface area contributed by atoms with E-state index in [2.05, 4.69) is 39.0 Å². The van der Waals surface area contributed by atoms with E-state index in [1.807, 2.05) is 19.1 Å². The van der Waals surface area contributed by atoms with Crippen LogP contribution in [0.2, 0.25) is 0 Å². The molecule has 19 heavy (non-hydrogen) atoms. The van der Waals surface area contributed by atoms with E-state index in [9.17, 15) is 0 Å². The molecule has 0 aliphatic rings. The predicted octanol–water partition coefficient (Wildman–Crippen LogP) is 4.52. The van der Waals surface area contributed by atoms with Gasteiger partial charge in [-0.2, -0.15) is 10.5 Å². The van der Waals surface area contributed by atoms with E-state index in [-0.39, 0.29) is 0 Å². The number of allylic oxidation sites excluding steroid dienone is 2. The minimum absolute atomic E-state index is 0.547. The van der Waals surface area contributed by atoms with Gasteiger partial charge in [0.15, 0.2) is 0 Å². The number of nitrogens with zero attached hydrogens (tertiary/aromatic N) is 2. The third-order valence-corrected chi connectivity index (χ3v) is 3.59. The summed E-state index contributed by atoms with van der Waals surface area (Å²) in [6.07, 6.45) is 3.05.